The van der Waals surface area contributed by atoms with Crippen molar-refractivity contribution < 1.29 is 14.7 Å². The highest BCUT2D eigenvalue weighted by Crippen LogP contribution is 2.29. The first-order chi connectivity index (χ1) is 8.66. The molecule has 2 N–H and O–H groups in total. The van der Waals surface area contributed by atoms with Crippen LogP contribution < -0.4 is 5.32 Å². The zero-order valence-corrected chi connectivity index (χ0v) is 10.1. The van der Waals surface area contributed by atoms with E-state index in [9.17, 15) is 9.59 Å². The summed E-state index contributed by atoms with van der Waals surface area (Å²) < 4.78 is 0. The Hall–Kier alpha value is -1.84. The number of hydrogen-bond donors (Lipinski definition) is 2. The minimum absolute atomic E-state index is 0.170. The first-order valence-corrected chi connectivity index (χ1v) is 6.24. The lowest BCUT2D eigenvalue weighted by Gasteiger charge is -2.25. The number of hydrogen-bond acceptors (Lipinski definition) is 2. The maximum absolute atomic E-state index is 11.8. The molecule has 96 valence electrons. The largest absolute Gasteiger partial charge is 0.479 e. The number of benzene rings is 1. The monoisotopic (exact) mass is 247 g/mol. The van der Waals surface area contributed by atoms with E-state index in [2.05, 4.69) is 5.32 Å². The van der Waals surface area contributed by atoms with Crippen molar-refractivity contribution in [1.82, 2.24) is 5.32 Å². The average Bonchev–Trinajstić information content (AvgIpc) is 2.31. The summed E-state index contributed by atoms with van der Waals surface area (Å²) in [5.41, 5.74) is 0.604. The summed E-state index contributed by atoms with van der Waals surface area (Å²) in [4.78, 5) is 22.9. The highest BCUT2D eigenvalue weighted by atomic mass is 16.4. The molecule has 0 bridgehead atoms. The Balaban J connectivity index is 1.98. The fourth-order valence-electron chi connectivity index (χ4n) is 2.11. The third kappa shape index (κ3) is 3.09. The Kier molecular flexibility index (Phi) is 3.97. The first-order valence-electron chi connectivity index (χ1n) is 6.24. The molecule has 1 aliphatic rings. The quantitative estimate of drug-likeness (QED) is 0.837. The molecular weight excluding hydrogens is 230 g/mol. The lowest BCUT2D eigenvalue weighted by molar-refractivity contribution is -0.142. The number of nitrogens with one attached hydrogen (secondary N) is 1. The van der Waals surface area contributed by atoms with Crippen molar-refractivity contribution in [2.45, 2.75) is 31.7 Å². The van der Waals surface area contributed by atoms with Gasteiger partial charge in [-0.05, 0) is 24.3 Å². The molecule has 1 atom stereocenters. The molecule has 0 spiro atoms. The molecule has 4 nitrogen and oxygen atoms in total. The van der Waals surface area contributed by atoms with Crippen LogP contribution in [0, 0.1) is 5.92 Å². The van der Waals surface area contributed by atoms with Crippen molar-refractivity contribution in [3.8, 4) is 0 Å². The molecule has 1 aromatic rings. The number of amides is 1. The molecule has 1 fully saturated rings. The summed E-state index contributed by atoms with van der Waals surface area (Å²) in [5.74, 6) is -0.755. The summed E-state index contributed by atoms with van der Waals surface area (Å²) in [5, 5.41) is 11.8. The van der Waals surface area contributed by atoms with Crippen molar-refractivity contribution in [2.75, 3.05) is 0 Å². The summed E-state index contributed by atoms with van der Waals surface area (Å²) in [6.07, 6.45) is 3.78. The molecule has 0 aromatic heterocycles. The highest BCUT2D eigenvalue weighted by Gasteiger charge is 2.25. The molecule has 1 aromatic carbocycles. The molecule has 1 amide bonds. The molecule has 1 saturated carbocycles. The summed E-state index contributed by atoms with van der Waals surface area (Å²) in [6, 6.07) is 7.83. The van der Waals surface area contributed by atoms with Gasteiger partial charge in [-0.1, -0.05) is 36.8 Å². The number of carbonyl (C=O) groups is 2. The van der Waals surface area contributed by atoms with Crippen molar-refractivity contribution >= 4 is 11.9 Å². The van der Waals surface area contributed by atoms with E-state index in [1.165, 1.54) is 6.42 Å². The van der Waals surface area contributed by atoms with Crippen LogP contribution in [-0.4, -0.2) is 17.0 Å². The van der Waals surface area contributed by atoms with Gasteiger partial charge in [-0.25, -0.2) is 4.79 Å². The van der Waals surface area contributed by atoms with Gasteiger partial charge in [0.2, 0.25) is 5.91 Å². The second kappa shape index (κ2) is 5.67. The molecular formula is C14H17NO3. The smallest absolute Gasteiger partial charge is 0.330 e. The van der Waals surface area contributed by atoms with Gasteiger partial charge in [0.1, 0.15) is 0 Å². The second-order valence-electron chi connectivity index (χ2n) is 4.75. The average molecular weight is 247 g/mol. The molecule has 0 unspecified atom stereocenters. The van der Waals surface area contributed by atoms with Crippen LogP contribution >= 0.6 is 0 Å². The molecule has 2 rings (SSSR count). The maximum Gasteiger partial charge on any atom is 0.330 e. The molecule has 1 aliphatic carbocycles. The number of carboxylic acids is 1. The van der Waals surface area contributed by atoms with Gasteiger partial charge in [0, 0.05) is 6.42 Å². The van der Waals surface area contributed by atoms with Crippen LogP contribution in [-0.2, 0) is 9.59 Å². The lowest BCUT2D eigenvalue weighted by Crippen LogP contribution is -2.35. The predicted octanol–water partition coefficient (Wildman–Crippen LogP) is 2.12. The summed E-state index contributed by atoms with van der Waals surface area (Å²) in [7, 11) is 0. The number of carboxylic acid groups (broad SMARTS) is 1. The van der Waals surface area contributed by atoms with E-state index >= 15 is 0 Å². The van der Waals surface area contributed by atoms with Crippen molar-refractivity contribution in [2.24, 2.45) is 5.92 Å². The Bertz CT molecular complexity index is 426. The summed E-state index contributed by atoms with van der Waals surface area (Å²) >= 11 is 0. The number of aliphatic carboxylic acids is 1. The van der Waals surface area contributed by atoms with Gasteiger partial charge in [0.15, 0.2) is 6.04 Å². The van der Waals surface area contributed by atoms with Crippen LogP contribution in [0.3, 0.4) is 0 Å². The standard InChI is InChI=1S/C14H17NO3/c16-12(9-10-5-4-6-10)15-13(14(17)18)11-7-2-1-3-8-11/h1-3,7-8,10,13H,4-6,9H2,(H,15,16)(H,17,18)/t13-/m1/s1. The molecule has 18 heavy (non-hydrogen) atoms. The maximum atomic E-state index is 11.8. The first kappa shape index (κ1) is 12.6. The van der Waals surface area contributed by atoms with Crippen molar-refractivity contribution in [3.05, 3.63) is 35.9 Å². The van der Waals surface area contributed by atoms with Crippen LogP contribution in [0.15, 0.2) is 30.3 Å². The van der Waals surface area contributed by atoms with E-state index in [0.29, 0.717) is 17.9 Å². The number of rotatable bonds is 5. The van der Waals surface area contributed by atoms with Gasteiger partial charge in [0.25, 0.3) is 0 Å². The van der Waals surface area contributed by atoms with Gasteiger partial charge in [-0.3, -0.25) is 4.79 Å². The Morgan fingerprint density at radius 1 is 1.28 bits per heavy atom. The topological polar surface area (TPSA) is 66.4 Å². The molecule has 4 heteroatoms. The van der Waals surface area contributed by atoms with E-state index < -0.39 is 12.0 Å². The van der Waals surface area contributed by atoms with Gasteiger partial charge < -0.3 is 10.4 Å². The fourth-order valence-corrected chi connectivity index (χ4v) is 2.11. The number of carbonyl (C=O) groups excluding carboxylic acids is 1. The molecule has 0 aliphatic heterocycles. The Morgan fingerprint density at radius 2 is 1.94 bits per heavy atom. The Labute approximate surface area is 106 Å². The second-order valence-corrected chi connectivity index (χ2v) is 4.75. The van der Waals surface area contributed by atoms with Crippen molar-refractivity contribution in [1.29, 1.82) is 0 Å². The van der Waals surface area contributed by atoms with E-state index in [1.807, 2.05) is 6.07 Å². The van der Waals surface area contributed by atoms with Crippen LogP contribution in [0.5, 0.6) is 0 Å². The lowest BCUT2D eigenvalue weighted by atomic mass is 9.83. The van der Waals surface area contributed by atoms with Gasteiger partial charge in [0.05, 0.1) is 0 Å². The third-order valence-electron chi connectivity index (χ3n) is 3.38. The van der Waals surface area contributed by atoms with Crippen molar-refractivity contribution in [3.63, 3.8) is 0 Å². The van der Waals surface area contributed by atoms with Gasteiger partial charge in [-0.15, -0.1) is 0 Å². The van der Waals surface area contributed by atoms with E-state index in [0.717, 1.165) is 12.8 Å². The molecule has 0 radical (unpaired) electrons. The zero-order chi connectivity index (χ0) is 13.0. The SMILES string of the molecule is O=C(CC1CCC1)N[C@@H](C(=O)O)c1ccccc1. The Morgan fingerprint density at radius 3 is 2.44 bits per heavy atom. The highest BCUT2D eigenvalue weighted by molar-refractivity contribution is 5.84. The zero-order valence-electron chi connectivity index (χ0n) is 10.1. The van der Waals surface area contributed by atoms with Crippen LogP contribution in [0.4, 0.5) is 0 Å². The normalized spacial score (nSPS) is 16.7. The van der Waals surface area contributed by atoms with Crippen LogP contribution in [0.25, 0.3) is 0 Å². The minimum Gasteiger partial charge on any atom is -0.479 e. The van der Waals surface area contributed by atoms with Crippen LogP contribution in [0.2, 0.25) is 0 Å². The third-order valence-corrected chi connectivity index (χ3v) is 3.38. The van der Waals surface area contributed by atoms with Gasteiger partial charge >= 0.3 is 5.97 Å². The van der Waals surface area contributed by atoms with Crippen LogP contribution in [0.1, 0.15) is 37.3 Å². The van der Waals surface area contributed by atoms with E-state index in [1.54, 1.807) is 24.3 Å². The van der Waals surface area contributed by atoms with Gasteiger partial charge in [-0.2, -0.15) is 0 Å². The fraction of sp³-hybridized carbons (Fsp3) is 0.429. The van der Waals surface area contributed by atoms with E-state index in [4.69, 9.17) is 5.11 Å². The minimum atomic E-state index is -1.02. The predicted molar refractivity (Wildman–Crippen MR) is 66.9 cm³/mol. The molecule has 0 saturated heterocycles. The molecule has 0 heterocycles. The van der Waals surface area contributed by atoms with E-state index in [-0.39, 0.29) is 5.91 Å². The summed E-state index contributed by atoms with van der Waals surface area (Å²) in [6.45, 7) is 0.